The van der Waals surface area contributed by atoms with Gasteiger partial charge in [-0.2, -0.15) is 17.9 Å². The van der Waals surface area contributed by atoms with Gasteiger partial charge in [0, 0.05) is 23.1 Å². The van der Waals surface area contributed by atoms with Crippen molar-refractivity contribution in [3.63, 3.8) is 0 Å². The summed E-state index contributed by atoms with van der Waals surface area (Å²) in [4.78, 5) is 15.0. The lowest BCUT2D eigenvalue weighted by molar-refractivity contribution is -0.116. The lowest BCUT2D eigenvalue weighted by Gasteiger charge is -2.14. The monoisotopic (exact) mass is 278 g/mol. The summed E-state index contributed by atoms with van der Waals surface area (Å²) in [7, 11) is 0. The molecule has 94 valence electrons. The highest BCUT2D eigenvalue weighted by molar-refractivity contribution is 7.81. The van der Waals surface area contributed by atoms with Gasteiger partial charge < -0.3 is 4.90 Å². The smallest absolute Gasteiger partial charge is 0.228 e. The highest BCUT2D eigenvalue weighted by atomic mass is 32.1. The van der Waals surface area contributed by atoms with Crippen LogP contribution in [0.15, 0.2) is 0 Å². The van der Waals surface area contributed by atoms with Gasteiger partial charge in [-0.15, -0.1) is 11.3 Å². The van der Waals surface area contributed by atoms with E-state index < -0.39 is 0 Å². The van der Waals surface area contributed by atoms with Crippen LogP contribution < -0.4 is 4.90 Å². The van der Waals surface area contributed by atoms with Crippen molar-refractivity contribution in [3.05, 3.63) is 16.0 Å². The average Bonchev–Trinajstić information content (AvgIpc) is 2.88. The summed E-state index contributed by atoms with van der Waals surface area (Å²) in [6, 6.07) is 2.31. The van der Waals surface area contributed by atoms with Crippen molar-refractivity contribution < 1.29 is 4.79 Å². The van der Waals surface area contributed by atoms with Gasteiger partial charge in [-0.1, -0.05) is 0 Å². The molecule has 1 fully saturated rings. The number of thiophene rings is 1. The average molecular weight is 278 g/mol. The molecule has 18 heavy (non-hydrogen) atoms. The first-order valence-electron chi connectivity index (χ1n) is 6.23. The molecule has 3 rings (SSSR count). The molecule has 1 aliphatic carbocycles. The molecule has 2 aliphatic rings. The van der Waals surface area contributed by atoms with Crippen LogP contribution in [0.2, 0.25) is 0 Å². The number of hydrogen-bond donors (Lipinski definition) is 1. The van der Waals surface area contributed by atoms with Gasteiger partial charge in [0.15, 0.2) is 0 Å². The van der Waals surface area contributed by atoms with E-state index in [-0.39, 0.29) is 11.2 Å². The first kappa shape index (κ1) is 12.1. The number of fused-ring (bicyclic) bond motifs is 1. The lowest BCUT2D eigenvalue weighted by atomic mass is 9.96. The number of carbonyl (C=O) groups excluding carboxylic acids is 1. The number of carbonyl (C=O) groups is 1. The highest BCUT2D eigenvalue weighted by Crippen LogP contribution is 2.41. The molecule has 1 amide bonds. The number of nitriles is 1. The van der Waals surface area contributed by atoms with Crippen molar-refractivity contribution in [2.45, 2.75) is 37.4 Å². The Labute approximate surface area is 116 Å². The van der Waals surface area contributed by atoms with Crippen molar-refractivity contribution in [2.75, 3.05) is 11.4 Å². The predicted octanol–water partition coefficient (Wildman–Crippen LogP) is 2.53. The maximum Gasteiger partial charge on any atom is 0.228 e. The molecule has 0 bridgehead atoms. The van der Waals surface area contributed by atoms with E-state index >= 15 is 0 Å². The number of thiol groups is 1. The van der Waals surface area contributed by atoms with E-state index in [2.05, 4.69) is 18.7 Å². The molecule has 2 heterocycles. The van der Waals surface area contributed by atoms with E-state index in [0.717, 1.165) is 29.8 Å². The minimum atomic E-state index is 0.100. The third-order valence-corrected chi connectivity index (χ3v) is 5.27. The van der Waals surface area contributed by atoms with Gasteiger partial charge in [0.2, 0.25) is 5.91 Å². The van der Waals surface area contributed by atoms with Crippen molar-refractivity contribution in [1.82, 2.24) is 0 Å². The second-order valence-corrected chi connectivity index (χ2v) is 6.68. The van der Waals surface area contributed by atoms with Gasteiger partial charge in [-0.3, -0.25) is 4.79 Å². The molecule has 1 aromatic heterocycles. The van der Waals surface area contributed by atoms with E-state index in [1.54, 1.807) is 16.2 Å². The molecule has 1 saturated heterocycles. The predicted molar refractivity (Wildman–Crippen MR) is 75.4 cm³/mol. The fourth-order valence-electron chi connectivity index (χ4n) is 2.74. The number of rotatable bonds is 1. The molecule has 1 unspecified atom stereocenters. The molecule has 0 aromatic carbocycles. The van der Waals surface area contributed by atoms with Gasteiger partial charge in [-0.05, 0) is 31.2 Å². The van der Waals surface area contributed by atoms with Crippen LogP contribution in [0.25, 0.3) is 0 Å². The van der Waals surface area contributed by atoms with E-state index in [1.165, 1.54) is 16.9 Å². The SMILES string of the molecule is N#Cc1c(N2CC(S)CC2=O)sc2c1CCCC2. The summed E-state index contributed by atoms with van der Waals surface area (Å²) in [6.07, 6.45) is 4.88. The number of aryl methyl sites for hydroxylation is 1. The molecular formula is C13H14N2OS2. The quantitative estimate of drug-likeness (QED) is 0.802. The zero-order valence-electron chi connectivity index (χ0n) is 9.98. The van der Waals surface area contributed by atoms with Crippen molar-refractivity contribution in [3.8, 4) is 6.07 Å². The number of hydrogen-bond acceptors (Lipinski definition) is 4. The molecular weight excluding hydrogens is 264 g/mol. The second-order valence-electron chi connectivity index (χ2n) is 4.87. The summed E-state index contributed by atoms with van der Waals surface area (Å²) in [6.45, 7) is 0.635. The summed E-state index contributed by atoms with van der Waals surface area (Å²) in [5.41, 5.74) is 1.93. The largest absolute Gasteiger partial charge is 0.302 e. The van der Waals surface area contributed by atoms with E-state index in [1.807, 2.05) is 0 Å². The van der Waals surface area contributed by atoms with Crippen LogP contribution >= 0.6 is 24.0 Å². The Morgan fingerprint density at radius 1 is 1.39 bits per heavy atom. The topological polar surface area (TPSA) is 44.1 Å². The van der Waals surface area contributed by atoms with Gasteiger partial charge in [0.05, 0.1) is 5.56 Å². The Kier molecular flexibility index (Phi) is 3.08. The van der Waals surface area contributed by atoms with Gasteiger partial charge >= 0.3 is 0 Å². The standard InChI is InChI=1S/C13H14N2OS2/c14-6-10-9-3-1-2-4-11(9)18-13(10)15-7-8(17)5-12(15)16/h8,17H,1-5,7H2. The summed E-state index contributed by atoms with van der Waals surface area (Å²) in [5, 5.41) is 10.3. The normalized spacial score (nSPS) is 23.0. The molecule has 1 aliphatic heterocycles. The number of anilines is 1. The Balaban J connectivity index is 2.05. The zero-order chi connectivity index (χ0) is 12.7. The van der Waals surface area contributed by atoms with Gasteiger partial charge in [0.25, 0.3) is 0 Å². The van der Waals surface area contributed by atoms with Crippen LogP contribution in [-0.2, 0) is 17.6 Å². The Morgan fingerprint density at radius 2 is 2.17 bits per heavy atom. The molecule has 3 nitrogen and oxygen atoms in total. The number of nitrogens with zero attached hydrogens (tertiary/aromatic N) is 2. The minimum absolute atomic E-state index is 0.100. The van der Waals surface area contributed by atoms with Crippen molar-refractivity contribution >= 4 is 34.9 Å². The molecule has 0 N–H and O–H groups in total. The molecule has 1 atom stereocenters. The third kappa shape index (κ3) is 1.84. The van der Waals surface area contributed by atoms with Crippen LogP contribution in [0.5, 0.6) is 0 Å². The van der Waals surface area contributed by atoms with E-state index in [4.69, 9.17) is 0 Å². The summed E-state index contributed by atoms with van der Waals surface area (Å²) in [5.74, 6) is 0.102. The zero-order valence-corrected chi connectivity index (χ0v) is 11.7. The second kappa shape index (κ2) is 4.60. The van der Waals surface area contributed by atoms with Crippen LogP contribution in [0, 0.1) is 11.3 Å². The summed E-state index contributed by atoms with van der Waals surface area (Å²) < 4.78 is 0. The van der Waals surface area contributed by atoms with Crippen molar-refractivity contribution in [2.24, 2.45) is 0 Å². The first-order valence-corrected chi connectivity index (χ1v) is 7.57. The Hall–Kier alpha value is -0.990. The summed E-state index contributed by atoms with van der Waals surface area (Å²) >= 11 is 6.01. The van der Waals surface area contributed by atoms with Crippen LogP contribution in [0.3, 0.4) is 0 Å². The third-order valence-electron chi connectivity index (χ3n) is 3.61. The fraction of sp³-hybridized carbons (Fsp3) is 0.538. The van der Waals surface area contributed by atoms with E-state index in [9.17, 15) is 10.1 Å². The van der Waals surface area contributed by atoms with Crippen LogP contribution in [0.1, 0.15) is 35.3 Å². The lowest BCUT2D eigenvalue weighted by Crippen LogP contribution is -2.24. The molecule has 0 saturated carbocycles. The van der Waals surface area contributed by atoms with Crippen molar-refractivity contribution in [1.29, 1.82) is 5.26 Å². The Bertz CT molecular complexity index is 544. The molecule has 0 radical (unpaired) electrons. The number of amides is 1. The van der Waals surface area contributed by atoms with E-state index in [0.29, 0.717) is 13.0 Å². The highest BCUT2D eigenvalue weighted by Gasteiger charge is 2.33. The molecule has 5 heteroatoms. The fourth-order valence-corrected chi connectivity index (χ4v) is 4.43. The first-order chi connectivity index (χ1) is 8.70. The minimum Gasteiger partial charge on any atom is -0.302 e. The Morgan fingerprint density at radius 3 is 2.83 bits per heavy atom. The molecule has 1 aromatic rings. The van der Waals surface area contributed by atoms with Gasteiger partial charge in [-0.25, -0.2) is 0 Å². The maximum atomic E-state index is 11.9. The maximum absolute atomic E-state index is 11.9. The molecule has 0 spiro atoms. The van der Waals surface area contributed by atoms with Crippen LogP contribution in [0.4, 0.5) is 5.00 Å². The van der Waals surface area contributed by atoms with Crippen LogP contribution in [-0.4, -0.2) is 17.7 Å². The van der Waals surface area contributed by atoms with Gasteiger partial charge in [0.1, 0.15) is 11.1 Å².